The molecular weight excluding hydrogens is 144 g/mol. The van der Waals surface area contributed by atoms with Crippen molar-refractivity contribution in [1.82, 2.24) is 5.43 Å². The lowest BCUT2D eigenvalue weighted by atomic mass is 9.97. The number of hydrogen-bond donors (Lipinski definition) is 1. The van der Waals surface area contributed by atoms with E-state index in [1.165, 1.54) is 0 Å². The molecule has 0 aliphatic carbocycles. The van der Waals surface area contributed by atoms with E-state index in [0.717, 1.165) is 0 Å². The molecule has 1 aliphatic heterocycles. The zero-order chi connectivity index (χ0) is 8.48. The van der Waals surface area contributed by atoms with Gasteiger partial charge in [-0.05, 0) is 0 Å². The minimum Gasteiger partial charge on any atom is -0.447 e. The maximum Gasteiger partial charge on any atom is 0.242 e. The SMILES string of the molecule is CC(C)(C)C1=NNC(C=O)O1. The van der Waals surface area contributed by atoms with E-state index in [1.54, 1.807) is 0 Å². The second-order valence-electron chi connectivity index (χ2n) is 3.47. The highest BCUT2D eigenvalue weighted by molar-refractivity contribution is 5.84. The van der Waals surface area contributed by atoms with Crippen LogP contribution in [0.2, 0.25) is 0 Å². The molecular formula is C7H12N2O2. The van der Waals surface area contributed by atoms with Crippen molar-refractivity contribution < 1.29 is 9.53 Å². The minimum absolute atomic E-state index is 0.134. The van der Waals surface area contributed by atoms with Crippen molar-refractivity contribution >= 4 is 12.2 Å². The average Bonchev–Trinajstić information content (AvgIpc) is 2.32. The standard InChI is InChI=1S/C7H12N2O2/c1-7(2,3)6-9-8-5(4-10)11-6/h4-5,8H,1-3H3. The molecule has 1 unspecified atom stereocenters. The van der Waals surface area contributed by atoms with Crippen LogP contribution in [0.25, 0.3) is 0 Å². The van der Waals surface area contributed by atoms with Gasteiger partial charge >= 0.3 is 0 Å². The molecule has 0 saturated carbocycles. The number of nitrogens with zero attached hydrogens (tertiary/aromatic N) is 1. The summed E-state index contributed by atoms with van der Waals surface area (Å²) in [6.07, 6.45) is 0.0895. The van der Waals surface area contributed by atoms with Crippen LogP contribution in [0, 0.1) is 5.41 Å². The summed E-state index contributed by atoms with van der Waals surface area (Å²) in [6.45, 7) is 5.92. The summed E-state index contributed by atoms with van der Waals surface area (Å²) < 4.78 is 5.15. The maximum absolute atomic E-state index is 10.2. The molecule has 1 N–H and O–H groups in total. The highest BCUT2D eigenvalue weighted by atomic mass is 16.5. The van der Waals surface area contributed by atoms with Crippen LogP contribution in [-0.4, -0.2) is 18.4 Å². The van der Waals surface area contributed by atoms with Crippen molar-refractivity contribution in [2.24, 2.45) is 10.5 Å². The quantitative estimate of drug-likeness (QED) is 0.562. The van der Waals surface area contributed by atoms with E-state index in [-0.39, 0.29) is 5.41 Å². The van der Waals surface area contributed by atoms with Gasteiger partial charge in [0.05, 0.1) is 0 Å². The van der Waals surface area contributed by atoms with E-state index in [2.05, 4.69) is 10.5 Å². The van der Waals surface area contributed by atoms with Crippen LogP contribution in [-0.2, 0) is 9.53 Å². The van der Waals surface area contributed by atoms with E-state index in [9.17, 15) is 4.79 Å². The van der Waals surface area contributed by atoms with Crippen LogP contribution in [0.3, 0.4) is 0 Å². The molecule has 4 nitrogen and oxygen atoms in total. The summed E-state index contributed by atoms with van der Waals surface area (Å²) in [5.41, 5.74) is 2.43. The summed E-state index contributed by atoms with van der Waals surface area (Å²) >= 11 is 0. The third-order valence-corrected chi connectivity index (χ3v) is 1.30. The molecule has 0 amide bonds. The monoisotopic (exact) mass is 156 g/mol. The number of hydrazone groups is 1. The molecule has 0 spiro atoms. The van der Waals surface area contributed by atoms with Gasteiger partial charge in [0.2, 0.25) is 12.1 Å². The topological polar surface area (TPSA) is 50.7 Å². The van der Waals surface area contributed by atoms with Gasteiger partial charge in [-0.15, -0.1) is 5.10 Å². The lowest BCUT2D eigenvalue weighted by molar-refractivity contribution is -0.114. The predicted molar refractivity (Wildman–Crippen MR) is 41.0 cm³/mol. The second-order valence-corrected chi connectivity index (χ2v) is 3.47. The average molecular weight is 156 g/mol. The van der Waals surface area contributed by atoms with Gasteiger partial charge in [-0.3, -0.25) is 10.2 Å². The van der Waals surface area contributed by atoms with Gasteiger partial charge in [0.15, 0.2) is 6.29 Å². The Balaban J connectivity index is 2.59. The van der Waals surface area contributed by atoms with Gasteiger partial charge in [0.25, 0.3) is 0 Å². The lowest BCUT2D eigenvalue weighted by Crippen LogP contribution is -2.26. The van der Waals surface area contributed by atoms with Gasteiger partial charge in [-0.1, -0.05) is 20.8 Å². The van der Waals surface area contributed by atoms with Gasteiger partial charge in [0, 0.05) is 5.41 Å². The second kappa shape index (κ2) is 2.53. The lowest BCUT2D eigenvalue weighted by Gasteiger charge is -2.16. The van der Waals surface area contributed by atoms with Crippen LogP contribution in [0.1, 0.15) is 20.8 Å². The first-order valence-corrected chi connectivity index (χ1v) is 3.49. The Bertz CT molecular complexity index is 193. The van der Waals surface area contributed by atoms with E-state index < -0.39 is 6.23 Å². The van der Waals surface area contributed by atoms with E-state index in [4.69, 9.17) is 4.74 Å². The van der Waals surface area contributed by atoms with E-state index in [0.29, 0.717) is 12.2 Å². The number of nitrogens with one attached hydrogen (secondary N) is 1. The van der Waals surface area contributed by atoms with Crippen LogP contribution in [0.15, 0.2) is 5.10 Å². The number of ether oxygens (including phenoxy) is 1. The Morgan fingerprint density at radius 3 is 2.55 bits per heavy atom. The van der Waals surface area contributed by atoms with Crippen molar-refractivity contribution in [3.8, 4) is 0 Å². The molecule has 0 aromatic rings. The molecule has 0 bridgehead atoms. The minimum atomic E-state index is -0.593. The van der Waals surface area contributed by atoms with Gasteiger partial charge < -0.3 is 4.74 Å². The fourth-order valence-electron chi connectivity index (χ4n) is 0.698. The summed E-state index contributed by atoms with van der Waals surface area (Å²) in [5, 5.41) is 3.87. The summed E-state index contributed by atoms with van der Waals surface area (Å²) in [7, 11) is 0. The van der Waals surface area contributed by atoms with Crippen LogP contribution in [0.5, 0.6) is 0 Å². The highest BCUT2D eigenvalue weighted by Crippen LogP contribution is 2.19. The van der Waals surface area contributed by atoms with Crippen LogP contribution in [0.4, 0.5) is 0 Å². The Kier molecular flexibility index (Phi) is 1.85. The third kappa shape index (κ3) is 1.69. The molecule has 0 fully saturated rings. The molecule has 0 aromatic carbocycles. The van der Waals surface area contributed by atoms with Crippen molar-refractivity contribution in [2.45, 2.75) is 27.0 Å². The first-order valence-electron chi connectivity index (χ1n) is 3.49. The molecule has 0 saturated heterocycles. The molecule has 0 radical (unpaired) electrons. The Labute approximate surface area is 65.6 Å². The number of carbonyl (C=O) groups excluding carboxylic acids is 1. The zero-order valence-corrected chi connectivity index (χ0v) is 6.92. The Morgan fingerprint density at radius 1 is 1.64 bits per heavy atom. The van der Waals surface area contributed by atoms with E-state index >= 15 is 0 Å². The third-order valence-electron chi connectivity index (χ3n) is 1.30. The van der Waals surface area contributed by atoms with Crippen LogP contribution >= 0.6 is 0 Å². The number of hydrogen-bond acceptors (Lipinski definition) is 4. The van der Waals surface area contributed by atoms with E-state index in [1.807, 2.05) is 20.8 Å². The molecule has 1 heterocycles. The summed E-state index contributed by atoms with van der Waals surface area (Å²) in [4.78, 5) is 10.2. The Hall–Kier alpha value is -1.06. The molecule has 62 valence electrons. The predicted octanol–water partition coefficient (Wildman–Crippen LogP) is 0.491. The molecule has 0 aromatic heterocycles. The number of carbonyl (C=O) groups is 1. The molecule has 1 aliphatic rings. The zero-order valence-electron chi connectivity index (χ0n) is 6.92. The first kappa shape index (κ1) is 8.04. The fourth-order valence-corrected chi connectivity index (χ4v) is 0.698. The molecule has 1 atom stereocenters. The van der Waals surface area contributed by atoms with Gasteiger partial charge in [0.1, 0.15) is 0 Å². The van der Waals surface area contributed by atoms with Gasteiger partial charge in [-0.25, -0.2) is 0 Å². The highest BCUT2D eigenvalue weighted by Gasteiger charge is 2.28. The maximum atomic E-state index is 10.2. The summed E-state index contributed by atoms with van der Waals surface area (Å²) in [6, 6.07) is 0. The normalized spacial score (nSPS) is 23.5. The fraction of sp³-hybridized carbons (Fsp3) is 0.714. The smallest absolute Gasteiger partial charge is 0.242 e. The molecule has 1 rings (SSSR count). The molecule has 11 heavy (non-hydrogen) atoms. The first-order chi connectivity index (χ1) is 5.04. The number of aldehydes is 1. The van der Waals surface area contributed by atoms with Crippen LogP contribution < -0.4 is 5.43 Å². The Morgan fingerprint density at radius 2 is 2.27 bits per heavy atom. The summed E-state index contributed by atoms with van der Waals surface area (Å²) in [5.74, 6) is 0.578. The van der Waals surface area contributed by atoms with Crippen molar-refractivity contribution in [3.63, 3.8) is 0 Å². The molecule has 4 heteroatoms. The number of rotatable bonds is 1. The van der Waals surface area contributed by atoms with Crippen molar-refractivity contribution in [1.29, 1.82) is 0 Å². The largest absolute Gasteiger partial charge is 0.447 e. The van der Waals surface area contributed by atoms with Crippen molar-refractivity contribution in [3.05, 3.63) is 0 Å². The van der Waals surface area contributed by atoms with Gasteiger partial charge in [-0.2, -0.15) is 0 Å². The van der Waals surface area contributed by atoms with Crippen molar-refractivity contribution in [2.75, 3.05) is 0 Å².